The van der Waals surface area contributed by atoms with E-state index in [1.807, 2.05) is 18.2 Å². The summed E-state index contributed by atoms with van der Waals surface area (Å²) < 4.78 is 16.6. The van der Waals surface area contributed by atoms with Gasteiger partial charge >= 0.3 is 0 Å². The van der Waals surface area contributed by atoms with Gasteiger partial charge in [0, 0.05) is 50.2 Å². The van der Waals surface area contributed by atoms with Gasteiger partial charge in [0.2, 0.25) is 0 Å². The zero-order valence-electron chi connectivity index (χ0n) is 14.5. The molecule has 25 heavy (non-hydrogen) atoms. The largest absolute Gasteiger partial charge is 0.493 e. The van der Waals surface area contributed by atoms with Crippen LogP contribution in [0, 0.1) is 5.92 Å². The number of ether oxygens (including phenoxy) is 3. The number of hydrogen-bond acceptors (Lipinski definition) is 5. The molecule has 6 heteroatoms. The molecule has 1 amide bonds. The van der Waals surface area contributed by atoms with Crippen molar-refractivity contribution in [1.29, 1.82) is 0 Å². The fraction of sp³-hybridized carbons (Fsp3) is 0.632. The van der Waals surface area contributed by atoms with Crippen molar-refractivity contribution in [1.82, 2.24) is 10.2 Å². The molecule has 3 heterocycles. The Kier molecular flexibility index (Phi) is 5.20. The number of amides is 1. The molecule has 0 aliphatic carbocycles. The van der Waals surface area contributed by atoms with Gasteiger partial charge in [-0.3, -0.25) is 9.69 Å². The lowest BCUT2D eigenvalue weighted by Crippen LogP contribution is -2.52. The Hall–Kier alpha value is -1.63. The molecule has 0 radical (unpaired) electrons. The first kappa shape index (κ1) is 16.8. The van der Waals surface area contributed by atoms with Crippen molar-refractivity contribution in [2.75, 3.05) is 52.7 Å². The molecule has 6 nitrogen and oxygen atoms in total. The third-order valence-electron chi connectivity index (χ3n) is 5.45. The van der Waals surface area contributed by atoms with Crippen LogP contribution in [0.1, 0.15) is 22.3 Å². The number of rotatable bonds is 5. The molecule has 1 aromatic rings. The molecule has 3 aliphatic heterocycles. The van der Waals surface area contributed by atoms with Crippen molar-refractivity contribution in [3.05, 3.63) is 29.3 Å². The zero-order chi connectivity index (χ0) is 17.1. The number of nitrogens with one attached hydrogen (secondary N) is 1. The van der Waals surface area contributed by atoms with Gasteiger partial charge in [-0.05, 0) is 30.2 Å². The summed E-state index contributed by atoms with van der Waals surface area (Å²) in [6.07, 6.45) is 1.94. The lowest BCUT2D eigenvalue weighted by atomic mass is 9.96. The first-order chi connectivity index (χ1) is 12.3. The molecular formula is C19H26N2O4. The average Bonchev–Trinajstić information content (AvgIpc) is 3.34. The molecule has 2 saturated heterocycles. The average molecular weight is 346 g/mol. The first-order valence-corrected chi connectivity index (χ1v) is 9.25. The fourth-order valence-electron chi connectivity index (χ4n) is 3.99. The van der Waals surface area contributed by atoms with Crippen LogP contribution in [0.3, 0.4) is 0 Å². The van der Waals surface area contributed by atoms with Crippen molar-refractivity contribution in [2.24, 2.45) is 5.92 Å². The molecule has 0 bridgehead atoms. The Morgan fingerprint density at radius 1 is 1.20 bits per heavy atom. The Bertz CT molecular complexity index is 609. The summed E-state index contributed by atoms with van der Waals surface area (Å²) in [4.78, 5) is 15.1. The van der Waals surface area contributed by atoms with E-state index in [1.54, 1.807) is 0 Å². The molecule has 136 valence electrons. The predicted octanol–water partition coefficient (Wildman–Crippen LogP) is 1.09. The van der Waals surface area contributed by atoms with E-state index in [2.05, 4.69) is 10.2 Å². The van der Waals surface area contributed by atoms with Gasteiger partial charge in [-0.15, -0.1) is 0 Å². The summed E-state index contributed by atoms with van der Waals surface area (Å²) in [6, 6.07) is 6.02. The Morgan fingerprint density at radius 2 is 2.08 bits per heavy atom. The Balaban J connectivity index is 1.40. The third-order valence-corrected chi connectivity index (χ3v) is 5.45. The molecule has 3 aliphatic rings. The van der Waals surface area contributed by atoms with Gasteiger partial charge in [-0.1, -0.05) is 0 Å². The van der Waals surface area contributed by atoms with Crippen LogP contribution in [0.2, 0.25) is 0 Å². The van der Waals surface area contributed by atoms with Crippen molar-refractivity contribution in [2.45, 2.75) is 18.9 Å². The van der Waals surface area contributed by atoms with Crippen LogP contribution in [-0.4, -0.2) is 69.5 Å². The molecule has 2 atom stereocenters. The van der Waals surface area contributed by atoms with Crippen molar-refractivity contribution in [3.8, 4) is 5.75 Å². The highest BCUT2D eigenvalue weighted by Gasteiger charge is 2.31. The molecule has 4 rings (SSSR count). The maximum absolute atomic E-state index is 12.6. The van der Waals surface area contributed by atoms with Crippen molar-refractivity contribution in [3.63, 3.8) is 0 Å². The zero-order valence-corrected chi connectivity index (χ0v) is 14.5. The number of carbonyl (C=O) groups excluding carboxylic acids is 1. The minimum absolute atomic E-state index is 0.00752. The minimum atomic E-state index is -0.00752. The molecule has 0 unspecified atom stereocenters. The molecule has 1 aromatic carbocycles. The summed E-state index contributed by atoms with van der Waals surface area (Å²) >= 11 is 0. The Morgan fingerprint density at radius 3 is 2.88 bits per heavy atom. The third kappa shape index (κ3) is 3.81. The van der Waals surface area contributed by atoms with Crippen LogP contribution in [-0.2, 0) is 15.9 Å². The van der Waals surface area contributed by atoms with Crippen LogP contribution < -0.4 is 10.1 Å². The number of carbonyl (C=O) groups is 1. The first-order valence-electron chi connectivity index (χ1n) is 9.25. The van der Waals surface area contributed by atoms with E-state index < -0.39 is 0 Å². The Labute approximate surface area is 148 Å². The van der Waals surface area contributed by atoms with E-state index in [4.69, 9.17) is 14.2 Å². The molecule has 1 N–H and O–H groups in total. The van der Waals surface area contributed by atoms with E-state index >= 15 is 0 Å². The van der Waals surface area contributed by atoms with Gasteiger partial charge in [0.15, 0.2) is 0 Å². The van der Waals surface area contributed by atoms with Crippen molar-refractivity contribution < 1.29 is 19.0 Å². The van der Waals surface area contributed by atoms with Crippen molar-refractivity contribution >= 4 is 5.91 Å². The van der Waals surface area contributed by atoms with E-state index in [1.165, 1.54) is 0 Å². The lowest BCUT2D eigenvalue weighted by Gasteiger charge is -2.37. The second-order valence-corrected chi connectivity index (χ2v) is 6.97. The summed E-state index contributed by atoms with van der Waals surface area (Å²) in [5.41, 5.74) is 1.84. The highest BCUT2D eigenvalue weighted by atomic mass is 16.5. The van der Waals surface area contributed by atoms with E-state index in [-0.39, 0.29) is 5.91 Å². The maximum Gasteiger partial charge on any atom is 0.251 e. The van der Waals surface area contributed by atoms with E-state index in [0.717, 1.165) is 63.7 Å². The smallest absolute Gasteiger partial charge is 0.251 e. The topological polar surface area (TPSA) is 60.0 Å². The second-order valence-electron chi connectivity index (χ2n) is 6.97. The van der Waals surface area contributed by atoms with Crippen LogP contribution >= 0.6 is 0 Å². The summed E-state index contributed by atoms with van der Waals surface area (Å²) in [5.74, 6) is 1.38. The molecule has 0 aromatic heterocycles. The number of benzene rings is 1. The molecule has 0 spiro atoms. The summed E-state index contributed by atoms with van der Waals surface area (Å²) in [7, 11) is 0. The number of fused-ring (bicyclic) bond motifs is 1. The van der Waals surface area contributed by atoms with Gasteiger partial charge < -0.3 is 19.5 Å². The highest BCUT2D eigenvalue weighted by molar-refractivity contribution is 5.94. The second kappa shape index (κ2) is 7.72. The minimum Gasteiger partial charge on any atom is -0.493 e. The molecule has 2 fully saturated rings. The standard InChI is InChI=1S/C19H26N2O4/c22-19(15-1-2-18-14(11-15)4-8-25-18)20-12-17(16-3-7-24-13-16)21-5-9-23-10-6-21/h1-2,11,16-17H,3-10,12-13H2,(H,20,22)/t16-,17+/m1/s1. The van der Waals surface area contributed by atoms with Crippen LogP contribution in [0.5, 0.6) is 5.75 Å². The van der Waals surface area contributed by atoms with E-state index in [0.29, 0.717) is 30.7 Å². The lowest BCUT2D eigenvalue weighted by molar-refractivity contribution is 0.00166. The molecular weight excluding hydrogens is 320 g/mol. The van der Waals surface area contributed by atoms with Crippen LogP contribution in [0.15, 0.2) is 18.2 Å². The normalized spacial score (nSPS) is 24.6. The van der Waals surface area contributed by atoms with Crippen LogP contribution in [0.25, 0.3) is 0 Å². The van der Waals surface area contributed by atoms with Gasteiger partial charge in [0.05, 0.1) is 26.4 Å². The summed E-state index contributed by atoms with van der Waals surface area (Å²) in [6.45, 7) is 6.35. The monoisotopic (exact) mass is 346 g/mol. The molecule has 0 saturated carbocycles. The van der Waals surface area contributed by atoms with Gasteiger partial charge in [-0.2, -0.15) is 0 Å². The van der Waals surface area contributed by atoms with Crippen LogP contribution in [0.4, 0.5) is 0 Å². The quantitative estimate of drug-likeness (QED) is 0.865. The summed E-state index contributed by atoms with van der Waals surface area (Å²) in [5, 5.41) is 3.15. The van der Waals surface area contributed by atoms with Gasteiger partial charge in [0.1, 0.15) is 5.75 Å². The maximum atomic E-state index is 12.6. The predicted molar refractivity (Wildman–Crippen MR) is 93.1 cm³/mol. The highest BCUT2D eigenvalue weighted by Crippen LogP contribution is 2.26. The number of hydrogen-bond donors (Lipinski definition) is 1. The fourth-order valence-corrected chi connectivity index (χ4v) is 3.99. The SMILES string of the molecule is O=C(NC[C@@H]([C@@H]1CCOC1)N1CCOCC1)c1ccc2c(c1)CCO2. The number of nitrogens with zero attached hydrogens (tertiary/aromatic N) is 1. The number of morpholine rings is 1. The van der Waals surface area contributed by atoms with Gasteiger partial charge in [-0.25, -0.2) is 0 Å². The van der Waals surface area contributed by atoms with Gasteiger partial charge in [0.25, 0.3) is 5.91 Å². The van der Waals surface area contributed by atoms with E-state index in [9.17, 15) is 4.79 Å².